The molecular weight excluding hydrogens is 420 g/mol. The molecule has 4 aromatic heterocycles. The van der Waals surface area contributed by atoms with Gasteiger partial charge in [-0.3, -0.25) is 4.79 Å². The number of nitrogens with zero attached hydrogens (tertiary/aromatic N) is 9. The van der Waals surface area contributed by atoms with E-state index in [4.69, 9.17) is 0 Å². The molecule has 1 amide bonds. The van der Waals surface area contributed by atoms with E-state index in [1.54, 1.807) is 34.0 Å². The summed E-state index contributed by atoms with van der Waals surface area (Å²) in [6.45, 7) is 7.73. The van der Waals surface area contributed by atoms with Crippen LogP contribution in [0.4, 0.5) is 11.6 Å². The molecule has 11 nitrogen and oxygen atoms in total. The molecule has 1 N–H and O–H groups in total. The van der Waals surface area contributed by atoms with Crippen molar-refractivity contribution in [1.82, 2.24) is 39.6 Å². The van der Waals surface area contributed by atoms with Gasteiger partial charge in [0.15, 0.2) is 5.65 Å². The first-order valence-corrected chi connectivity index (χ1v) is 11.0. The SMILES string of the molecule is CC(C)(C)c1cc(NC(=O)C2CCN(c3ccc4nncn4n3)CC2)n(-c2ncccn2)n1. The van der Waals surface area contributed by atoms with Gasteiger partial charge in [-0.1, -0.05) is 20.8 Å². The van der Waals surface area contributed by atoms with E-state index in [0.717, 1.165) is 37.4 Å². The van der Waals surface area contributed by atoms with E-state index in [1.807, 2.05) is 18.2 Å². The molecule has 0 spiro atoms. The number of aromatic nitrogens is 8. The zero-order chi connectivity index (χ0) is 23.0. The normalized spacial score (nSPS) is 15.2. The van der Waals surface area contributed by atoms with Crippen molar-refractivity contribution >= 4 is 23.2 Å². The van der Waals surface area contributed by atoms with Gasteiger partial charge in [-0.05, 0) is 31.0 Å². The molecule has 0 unspecified atom stereocenters. The third kappa shape index (κ3) is 4.26. The molecule has 0 aromatic carbocycles. The van der Waals surface area contributed by atoms with Crippen molar-refractivity contribution in [2.45, 2.75) is 39.0 Å². The molecule has 0 radical (unpaired) electrons. The number of hydrogen-bond donors (Lipinski definition) is 1. The number of carbonyl (C=O) groups is 1. The third-order valence-electron chi connectivity index (χ3n) is 5.81. The van der Waals surface area contributed by atoms with Crippen molar-refractivity contribution in [1.29, 1.82) is 0 Å². The van der Waals surface area contributed by atoms with Gasteiger partial charge in [-0.25, -0.2) is 9.97 Å². The fourth-order valence-corrected chi connectivity index (χ4v) is 3.88. The van der Waals surface area contributed by atoms with Crippen LogP contribution in [-0.2, 0) is 10.2 Å². The molecule has 1 aliphatic rings. The summed E-state index contributed by atoms with van der Waals surface area (Å²) in [5.74, 6) is 1.74. The van der Waals surface area contributed by atoms with Gasteiger partial charge >= 0.3 is 0 Å². The first-order valence-electron chi connectivity index (χ1n) is 11.0. The first kappa shape index (κ1) is 21.0. The third-order valence-corrected chi connectivity index (χ3v) is 5.81. The Morgan fingerprint density at radius 1 is 1.09 bits per heavy atom. The molecule has 11 heteroatoms. The molecular formula is C22H26N10O. The van der Waals surface area contributed by atoms with Gasteiger partial charge in [0, 0.05) is 42.9 Å². The molecule has 170 valence electrons. The molecule has 1 saturated heterocycles. The van der Waals surface area contributed by atoms with Crippen molar-refractivity contribution in [3.8, 4) is 5.95 Å². The Balaban J connectivity index is 1.29. The zero-order valence-corrected chi connectivity index (χ0v) is 18.9. The van der Waals surface area contributed by atoms with Crippen LogP contribution in [0.1, 0.15) is 39.3 Å². The van der Waals surface area contributed by atoms with E-state index in [1.165, 1.54) is 0 Å². The molecule has 1 fully saturated rings. The fourth-order valence-electron chi connectivity index (χ4n) is 3.88. The predicted octanol–water partition coefficient (Wildman–Crippen LogP) is 2.25. The highest BCUT2D eigenvalue weighted by Gasteiger charge is 2.28. The number of carbonyl (C=O) groups excluding carboxylic acids is 1. The number of amides is 1. The van der Waals surface area contributed by atoms with E-state index in [9.17, 15) is 4.79 Å². The second kappa shape index (κ2) is 8.23. The lowest BCUT2D eigenvalue weighted by Gasteiger charge is -2.31. The lowest BCUT2D eigenvalue weighted by atomic mass is 9.92. The molecule has 0 saturated carbocycles. The number of rotatable bonds is 4. The smallest absolute Gasteiger partial charge is 0.252 e. The summed E-state index contributed by atoms with van der Waals surface area (Å²) in [7, 11) is 0. The highest BCUT2D eigenvalue weighted by atomic mass is 16.2. The quantitative estimate of drug-likeness (QED) is 0.507. The van der Waals surface area contributed by atoms with Crippen LogP contribution < -0.4 is 10.2 Å². The maximum Gasteiger partial charge on any atom is 0.252 e. The highest BCUT2D eigenvalue weighted by Crippen LogP contribution is 2.27. The number of fused-ring (bicyclic) bond motifs is 1. The molecule has 0 atom stereocenters. The number of anilines is 2. The van der Waals surface area contributed by atoms with Crippen LogP contribution in [-0.4, -0.2) is 58.6 Å². The summed E-state index contributed by atoms with van der Waals surface area (Å²) in [5.41, 5.74) is 1.39. The molecule has 1 aliphatic heterocycles. The van der Waals surface area contributed by atoms with Gasteiger partial charge in [0.05, 0.1) is 5.69 Å². The monoisotopic (exact) mass is 446 g/mol. The number of nitrogens with one attached hydrogen (secondary N) is 1. The molecule has 5 rings (SSSR count). The van der Waals surface area contributed by atoms with Crippen LogP contribution in [0, 0.1) is 5.92 Å². The summed E-state index contributed by atoms with van der Waals surface area (Å²) in [6, 6.07) is 7.49. The Hall–Kier alpha value is -3.89. The van der Waals surface area contributed by atoms with Crippen molar-refractivity contribution in [3.63, 3.8) is 0 Å². The van der Waals surface area contributed by atoms with Gasteiger partial charge < -0.3 is 10.2 Å². The standard InChI is InChI=1S/C22H26N10O/c1-22(2,3)16-13-19(32(28-16)21-23-9-4-10-24-21)26-20(33)15-7-11-30(12-8-15)18-6-5-17-27-25-14-31(17)29-18/h4-6,9-10,13-15H,7-8,11-12H2,1-3H3,(H,26,33). The first-order chi connectivity index (χ1) is 15.9. The number of hydrogen-bond acceptors (Lipinski definition) is 8. The largest absolute Gasteiger partial charge is 0.355 e. The predicted molar refractivity (Wildman–Crippen MR) is 122 cm³/mol. The Morgan fingerprint density at radius 2 is 1.85 bits per heavy atom. The molecule has 4 aromatic rings. The molecule has 0 bridgehead atoms. The molecule has 0 aliphatic carbocycles. The van der Waals surface area contributed by atoms with E-state index >= 15 is 0 Å². The van der Waals surface area contributed by atoms with Crippen molar-refractivity contribution in [2.75, 3.05) is 23.3 Å². The van der Waals surface area contributed by atoms with Gasteiger partial charge in [0.1, 0.15) is 18.0 Å². The van der Waals surface area contributed by atoms with E-state index in [0.29, 0.717) is 17.4 Å². The Kier molecular flexibility index (Phi) is 5.23. The van der Waals surface area contributed by atoms with Crippen molar-refractivity contribution in [3.05, 3.63) is 48.7 Å². The summed E-state index contributed by atoms with van der Waals surface area (Å²) in [5, 5.41) is 20.2. The average molecular weight is 447 g/mol. The second-order valence-corrected chi connectivity index (χ2v) is 9.20. The van der Waals surface area contributed by atoms with Crippen LogP contribution >= 0.6 is 0 Å². The van der Waals surface area contributed by atoms with Crippen LogP contribution in [0.2, 0.25) is 0 Å². The van der Waals surface area contributed by atoms with E-state index < -0.39 is 0 Å². The van der Waals surface area contributed by atoms with Gasteiger partial charge in [0.2, 0.25) is 5.91 Å². The van der Waals surface area contributed by atoms with Crippen LogP contribution in [0.15, 0.2) is 43.0 Å². The summed E-state index contributed by atoms with van der Waals surface area (Å²) < 4.78 is 3.26. The summed E-state index contributed by atoms with van der Waals surface area (Å²) >= 11 is 0. The van der Waals surface area contributed by atoms with Crippen molar-refractivity contribution in [2.24, 2.45) is 5.92 Å². The molecule has 33 heavy (non-hydrogen) atoms. The van der Waals surface area contributed by atoms with Gasteiger partial charge in [0.25, 0.3) is 5.95 Å². The lowest BCUT2D eigenvalue weighted by Crippen LogP contribution is -2.39. The minimum atomic E-state index is -0.177. The van der Waals surface area contributed by atoms with Gasteiger partial charge in [-0.2, -0.15) is 14.3 Å². The number of piperidine rings is 1. The van der Waals surface area contributed by atoms with Crippen LogP contribution in [0.5, 0.6) is 0 Å². The minimum Gasteiger partial charge on any atom is -0.355 e. The maximum absolute atomic E-state index is 13.1. The van der Waals surface area contributed by atoms with Gasteiger partial charge in [-0.15, -0.1) is 15.3 Å². The fraction of sp³-hybridized carbons (Fsp3) is 0.409. The highest BCUT2D eigenvalue weighted by molar-refractivity contribution is 5.92. The minimum absolute atomic E-state index is 0.0191. The Bertz CT molecular complexity index is 1270. The second-order valence-electron chi connectivity index (χ2n) is 9.20. The summed E-state index contributed by atoms with van der Waals surface area (Å²) in [6.07, 6.45) is 6.37. The van der Waals surface area contributed by atoms with Crippen LogP contribution in [0.3, 0.4) is 0 Å². The Labute approximate surface area is 190 Å². The Morgan fingerprint density at radius 3 is 2.58 bits per heavy atom. The zero-order valence-electron chi connectivity index (χ0n) is 18.9. The van der Waals surface area contributed by atoms with E-state index in [-0.39, 0.29) is 17.2 Å². The lowest BCUT2D eigenvalue weighted by molar-refractivity contribution is -0.120. The van der Waals surface area contributed by atoms with E-state index in [2.05, 4.69) is 61.4 Å². The van der Waals surface area contributed by atoms with Crippen molar-refractivity contribution < 1.29 is 4.79 Å². The average Bonchev–Trinajstić information content (AvgIpc) is 3.46. The molecule has 5 heterocycles. The maximum atomic E-state index is 13.1. The summed E-state index contributed by atoms with van der Waals surface area (Å²) in [4.78, 5) is 23.9. The van der Waals surface area contributed by atoms with Crippen LogP contribution in [0.25, 0.3) is 11.6 Å². The topological polar surface area (TPSA) is 119 Å².